The Labute approximate surface area is 155 Å². The minimum absolute atomic E-state index is 0.138. The van der Waals surface area contributed by atoms with E-state index in [2.05, 4.69) is 4.74 Å². The van der Waals surface area contributed by atoms with Gasteiger partial charge in [-0.15, -0.1) is 0 Å². The van der Waals surface area contributed by atoms with Crippen LogP contribution in [0, 0.1) is 5.82 Å². The van der Waals surface area contributed by atoms with Gasteiger partial charge in [0.05, 0.1) is 13.5 Å². The zero-order valence-electron chi connectivity index (χ0n) is 14.1. The smallest absolute Gasteiger partial charge is 0.374 e. The van der Waals surface area contributed by atoms with E-state index in [1.54, 1.807) is 36.4 Å². The number of carbonyl (C=O) groups is 3. The lowest BCUT2D eigenvalue weighted by molar-refractivity contribution is -0.153. The number of halogens is 2. The van der Waals surface area contributed by atoms with Crippen molar-refractivity contribution < 1.29 is 23.5 Å². The van der Waals surface area contributed by atoms with Crippen molar-refractivity contribution in [2.24, 2.45) is 0 Å². The number of esters is 1. The maximum absolute atomic E-state index is 13.1. The van der Waals surface area contributed by atoms with Gasteiger partial charge in [0.15, 0.2) is 0 Å². The third-order valence-electron chi connectivity index (χ3n) is 3.68. The Hall–Kier alpha value is -2.73. The summed E-state index contributed by atoms with van der Waals surface area (Å²) >= 11 is 6.15. The summed E-state index contributed by atoms with van der Waals surface area (Å²) in [5.41, 5.74) is 1.37. The molecule has 0 bridgehead atoms. The number of carbonyl (C=O) groups excluding carboxylic acids is 3. The molecule has 0 heterocycles. The Morgan fingerprint density at radius 1 is 1.04 bits per heavy atom. The molecule has 0 aliphatic carbocycles. The molecule has 2 aromatic rings. The third-order valence-corrected chi connectivity index (χ3v) is 4.05. The maximum atomic E-state index is 13.1. The molecule has 2 rings (SSSR count). The van der Waals surface area contributed by atoms with Crippen LogP contribution in [0.25, 0.3) is 0 Å². The number of nitrogens with zero attached hydrogens (tertiary/aromatic N) is 1. The first-order valence-corrected chi connectivity index (χ1v) is 8.15. The predicted octanol–water partition coefficient (Wildman–Crippen LogP) is 3.14. The number of rotatable bonds is 7. The predicted molar refractivity (Wildman–Crippen MR) is 93.7 cm³/mol. The van der Waals surface area contributed by atoms with Crippen LogP contribution in [-0.4, -0.2) is 29.7 Å². The molecule has 7 heteroatoms. The van der Waals surface area contributed by atoms with Crippen LogP contribution in [0.15, 0.2) is 48.5 Å². The van der Waals surface area contributed by atoms with Gasteiger partial charge in [-0.2, -0.15) is 0 Å². The van der Waals surface area contributed by atoms with Crippen LogP contribution in [0.2, 0.25) is 5.02 Å². The van der Waals surface area contributed by atoms with Crippen molar-refractivity contribution in [1.29, 1.82) is 0 Å². The van der Waals surface area contributed by atoms with E-state index in [4.69, 9.17) is 11.6 Å². The van der Waals surface area contributed by atoms with Crippen LogP contribution >= 0.6 is 11.6 Å². The van der Waals surface area contributed by atoms with Crippen molar-refractivity contribution in [3.8, 4) is 0 Å². The second kappa shape index (κ2) is 9.10. The quantitative estimate of drug-likeness (QED) is 0.422. The Morgan fingerprint density at radius 2 is 1.69 bits per heavy atom. The summed E-state index contributed by atoms with van der Waals surface area (Å²) in [4.78, 5) is 36.9. The SMILES string of the molecule is COC(=O)C(=O)CC(=O)N(Cc1ccc(F)cc1)Cc1ccccc1Cl. The molecule has 0 radical (unpaired) electrons. The Balaban J connectivity index is 2.21. The number of hydrogen-bond donors (Lipinski definition) is 0. The molecule has 5 nitrogen and oxygen atoms in total. The van der Waals surface area contributed by atoms with E-state index in [1.807, 2.05) is 0 Å². The molecular formula is C19H17ClFNO4. The lowest BCUT2D eigenvalue weighted by Crippen LogP contribution is -2.33. The van der Waals surface area contributed by atoms with Gasteiger partial charge in [0.2, 0.25) is 11.7 Å². The molecule has 2 aromatic carbocycles. The Morgan fingerprint density at radius 3 is 2.31 bits per heavy atom. The standard InChI is InChI=1S/C19H17ClFNO4/c1-26-19(25)17(23)10-18(24)22(11-13-6-8-15(21)9-7-13)12-14-4-2-3-5-16(14)20/h2-9H,10-12H2,1H3. The van der Waals surface area contributed by atoms with Gasteiger partial charge >= 0.3 is 5.97 Å². The highest BCUT2D eigenvalue weighted by Gasteiger charge is 2.23. The van der Waals surface area contributed by atoms with Crippen molar-refractivity contribution in [3.63, 3.8) is 0 Å². The molecule has 0 fully saturated rings. The van der Waals surface area contributed by atoms with Crippen LogP contribution in [-0.2, 0) is 32.2 Å². The minimum Gasteiger partial charge on any atom is -0.463 e. The van der Waals surface area contributed by atoms with Crippen LogP contribution in [0.5, 0.6) is 0 Å². The first-order valence-electron chi connectivity index (χ1n) is 7.77. The van der Waals surface area contributed by atoms with Gasteiger partial charge in [-0.05, 0) is 29.3 Å². The molecule has 0 aromatic heterocycles. The first-order chi connectivity index (χ1) is 12.4. The van der Waals surface area contributed by atoms with Gasteiger partial charge in [0.25, 0.3) is 0 Å². The zero-order valence-corrected chi connectivity index (χ0v) is 14.8. The topological polar surface area (TPSA) is 63.7 Å². The van der Waals surface area contributed by atoms with Gasteiger partial charge in [-0.25, -0.2) is 9.18 Å². The largest absolute Gasteiger partial charge is 0.463 e. The normalized spacial score (nSPS) is 10.3. The van der Waals surface area contributed by atoms with Gasteiger partial charge in [-0.1, -0.05) is 41.9 Å². The second-order valence-corrected chi connectivity index (χ2v) is 5.97. The molecule has 0 atom stereocenters. The molecular weight excluding hydrogens is 361 g/mol. The minimum atomic E-state index is -1.07. The fourth-order valence-electron chi connectivity index (χ4n) is 2.31. The van der Waals surface area contributed by atoms with Crippen molar-refractivity contribution in [1.82, 2.24) is 4.90 Å². The van der Waals surface area contributed by atoms with E-state index in [1.165, 1.54) is 17.0 Å². The molecule has 0 aliphatic rings. The Kier molecular flexibility index (Phi) is 6.86. The summed E-state index contributed by atoms with van der Waals surface area (Å²) in [7, 11) is 1.07. The third kappa shape index (κ3) is 5.39. The highest BCUT2D eigenvalue weighted by molar-refractivity contribution is 6.36. The Bertz CT molecular complexity index is 807. The van der Waals surface area contributed by atoms with E-state index in [-0.39, 0.29) is 13.1 Å². The summed E-state index contributed by atoms with van der Waals surface area (Å²) in [6.07, 6.45) is -0.613. The van der Waals surface area contributed by atoms with Crippen LogP contribution in [0.4, 0.5) is 4.39 Å². The monoisotopic (exact) mass is 377 g/mol. The van der Waals surface area contributed by atoms with E-state index in [9.17, 15) is 18.8 Å². The van der Waals surface area contributed by atoms with Gasteiger partial charge < -0.3 is 9.64 Å². The summed E-state index contributed by atoms with van der Waals surface area (Å²) < 4.78 is 17.4. The number of hydrogen-bond acceptors (Lipinski definition) is 4. The fraction of sp³-hybridized carbons (Fsp3) is 0.211. The number of methoxy groups -OCH3 is 1. The van der Waals surface area contributed by atoms with Crippen LogP contribution in [0.3, 0.4) is 0 Å². The maximum Gasteiger partial charge on any atom is 0.374 e. The van der Waals surface area contributed by atoms with Crippen LogP contribution < -0.4 is 0 Å². The number of amides is 1. The molecule has 0 unspecified atom stereocenters. The summed E-state index contributed by atoms with van der Waals surface area (Å²) in [5.74, 6) is -2.94. The lowest BCUT2D eigenvalue weighted by Gasteiger charge is -2.23. The number of ketones is 1. The fourth-order valence-corrected chi connectivity index (χ4v) is 2.51. The average molecular weight is 378 g/mol. The molecule has 0 spiro atoms. The van der Waals surface area contributed by atoms with Crippen LogP contribution in [0.1, 0.15) is 17.5 Å². The zero-order chi connectivity index (χ0) is 19.1. The van der Waals surface area contributed by atoms with Gasteiger partial charge in [0.1, 0.15) is 5.82 Å². The summed E-state index contributed by atoms with van der Waals surface area (Å²) in [5, 5.41) is 0.476. The summed E-state index contributed by atoms with van der Waals surface area (Å²) in [6.45, 7) is 0.281. The van der Waals surface area contributed by atoms with Crippen molar-refractivity contribution >= 4 is 29.3 Å². The van der Waals surface area contributed by atoms with E-state index in [0.29, 0.717) is 16.1 Å². The first kappa shape index (κ1) is 19.6. The number of ether oxygens (including phenoxy) is 1. The number of benzene rings is 2. The lowest BCUT2D eigenvalue weighted by atomic mass is 10.1. The molecule has 136 valence electrons. The molecule has 26 heavy (non-hydrogen) atoms. The van der Waals surface area contributed by atoms with Crippen molar-refractivity contribution in [3.05, 3.63) is 70.5 Å². The number of Topliss-reactive ketones (excluding diaryl/α,β-unsaturated/α-hetero) is 1. The average Bonchev–Trinajstić information content (AvgIpc) is 2.63. The van der Waals surface area contributed by atoms with E-state index < -0.39 is 29.9 Å². The van der Waals surface area contributed by atoms with Gasteiger partial charge in [0, 0.05) is 18.1 Å². The van der Waals surface area contributed by atoms with E-state index in [0.717, 1.165) is 7.11 Å². The molecule has 1 amide bonds. The molecule has 0 aliphatic heterocycles. The molecule has 0 N–H and O–H groups in total. The highest BCUT2D eigenvalue weighted by Crippen LogP contribution is 2.19. The summed E-state index contributed by atoms with van der Waals surface area (Å²) in [6, 6.07) is 12.7. The van der Waals surface area contributed by atoms with Gasteiger partial charge in [-0.3, -0.25) is 9.59 Å². The van der Waals surface area contributed by atoms with E-state index >= 15 is 0 Å². The molecule has 0 saturated carbocycles. The second-order valence-electron chi connectivity index (χ2n) is 5.56. The highest BCUT2D eigenvalue weighted by atomic mass is 35.5. The van der Waals surface area contributed by atoms with Crippen molar-refractivity contribution in [2.75, 3.05) is 7.11 Å². The molecule has 0 saturated heterocycles. The van der Waals surface area contributed by atoms with Crippen molar-refractivity contribution in [2.45, 2.75) is 19.5 Å².